The molecule has 5 nitrogen and oxygen atoms in total. The van der Waals surface area contributed by atoms with Crippen molar-refractivity contribution in [2.24, 2.45) is 0 Å². The third-order valence-corrected chi connectivity index (χ3v) is 2.58. The van der Waals surface area contributed by atoms with Crippen molar-refractivity contribution < 1.29 is 13.9 Å². The van der Waals surface area contributed by atoms with Crippen LogP contribution in [0.3, 0.4) is 0 Å². The van der Waals surface area contributed by atoms with E-state index < -0.39 is 11.7 Å². The number of ether oxygens (including phenoxy) is 1. The third kappa shape index (κ3) is 3.42. The molecule has 0 radical (unpaired) electrons. The maximum atomic E-state index is 13.6. The predicted molar refractivity (Wildman–Crippen MR) is 72.6 cm³/mol. The summed E-state index contributed by atoms with van der Waals surface area (Å²) in [5.41, 5.74) is 0.105. The van der Waals surface area contributed by atoms with E-state index in [2.05, 4.69) is 15.3 Å². The predicted octanol–water partition coefficient (Wildman–Crippen LogP) is 2.92. The summed E-state index contributed by atoms with van der Waals surface area (Å²) in [7, 11) is 0. The molecule has 104 valence electrons. The molecule has 0 saturated carbocycles. The van der Waals surface area contributed by atoms with Crippen molar-refractivity contribution in [1.29, 1.82) is 0 Å². The van der Waals surface area contributed by atoms with Crippen LogP contribution in [0.4, 0.5) is 10.1 Å². The van der Waals surface area contributed by atoms with Gasteiger partial charge in [0.25, 0.3) is 5.91 Å². The number of rotatable bonds is 4. The van der Waals surface area contributed by atoms with Crippen molar-refractivity contribution in [1.82, 2.24) is 9.97 Å². The largest absolute Gasteiger partial charge is 0.478 e. The van der Waals surface area contributed by atoms with Gasteiger partial charge in [0.05, 0.1) is 12.3 Å². The Hall–Kier alpha value is -2.21. The van der Waals surface area contributed by atoms with Crippen molar-refractivity contribution in [3.63, 3.8) is 0 Å². The third-order valence-electron chi connectivity index (χ3n) is 2.35. The zero-order valence-corrected chi connectivity index (χ0v) is 11.3. The lowest BCUT2D eigenvalue weighted by atomic mass is 10.3. The molecule has 1 amide bonds. The Labute approximate surface area is 119 Å². The molecule has 0 spiro atoms. The monoisotopic (exact) mass is 295 g/mol. The van der Waals surface area contributed by atoms with E-state index in [0.29, 0.717) is 6.61 Å². The molecule has 0 saturated heterocycles. The number of carbonyl (C=O) groups excluding carboxylic acids is 1. The van der Waals surface area contributed by atoms with E-state index in [0.717, 1.165) is 6.07 Å². The molecule has 1 aromatic heterocycles. The molecule has 7 heteroatoms. The minimum atomic E-state index is -0.620. The average molecular weight is 296 g/mol. The topological polar surface area (TPSA) is 64.1 Å². The van der Waals surface area contributed by atoms with Gasteiger partial charge in [-0.3, -0.25) is 4.79 Å². The maximum Gasteiger partial charge on any atom is 0.274 e. The standard InChI is InChI=1S/C13H11ClFN3O2/c1-2-20-12-6-11(16-7-17-12)13(19)18-10-4-3-8(14)5-9(10)15/h3-7H,2H2,1H3,(H,18,19). The van der Waals surface area contributed by atoms with Gasteiger partial charge in [0.1, 0.15) is 17.8 Å². The second kappa shape index (κ2) is 6.29. The Morgan fingerprint density at radius 3 is 2.90 bits per heavy atom. The molecule has 2 rings (SSSR count). The molecule has 0 aliphatic heterocycles. The number of aromatic nitrogens is 2. The lowest BCUT2D eigenvalue weighted by Crippen LogP contribution is -2.15. The summed E-state index contributed by atoms with van der Waals surface area (Å²) in [4.78, 5) is 19.6. The van der Waals surface area contributed by atoms with E-state index in [1.54, 1.807) is 6.92 Å². The Balaban J connectivity index is 2.17. The first-order chi connectivity index (χ1) is 9.60. The van der Waals surface area contributed by atoms with Crippen LogP contribution < -0.4 is 10.1 Å². The van der Waals surface area contributed by atoms with E-state index >= 15 is 0 Å². The molecule has 1 aromatic carbocycles. The number of carbonyl (C=O) groups is 1. The molecule has 0 aliphatic rings. The Morgan fingerprint density at radius 1 is 1.40 bits per heavy atom. The van der Waals surface area contributed by atoms with Crippen LogP contribution in [0.5, 0.6) is 5.88 Å². The molecule has 1 N–H and O–H groups in total. The molecule has 1 heterocycles. The zero-order chi connectivity index (χ0) is 14.5. The van der Waals surface area contributed by atoms with Crippen LogP contribution >= 0.6 is 11.6 Å². The van der Waals surface area contributed by atoms with Crippen LogP contribution in [0.1, 0.15) is 17.4 Å². The number of benzene rings is 1. The average Bonchev–Trinajstić information content (AvgIpc) is 2.42. The highest BCUT2D eigenvalue weighted by Crippen LogP contribution is 2.19. The lowest BCUT2D eigenvalue weighted by Gasteiger charge is -2.07. The van der Waals surface area contributed by atoms with Crippen molar-refractivity contribution in [3.05, 3.63) is 47.1 Å². The molecule has 0 atom stereocenters. The fourth-order valence-electron chi connectivity index (χ4n) is 1.47. The highest BCUT2D eigenvalue weighted by Gasteiger charge is 2.12. The van der Waals surface area contributed by atoms with Crippen LogP contribution in [-0.4, -0.2) is 22.5 Å². The minimum absolute atomic E-state index is 0.0240. The maximum absolute atomic E-state index is 13.6. The summed E-state index contributed by atoms with van der Waals surface area (Å²) in [5.74, 6) is -0.899. The summed E-state index contributed by atoms with van der Waals surface area (Å²) < 4.78 is 18.7. The first kappa shape index (κ1) is 14.2. The molecule has 0 unspecified atom stereocenters. The number of nitrogens with zero attached hydrogens (tertiary/aromatic N) is 2. The summed E-state index contributed by atoms with van der Waals surface area (Å²) in [6.45, 7) is 2.22. The first-order valence-corrected chi connectivity index (χ1v) is 6.19. The number of anilines is 1. The molecule has 20 heavy (non-hydrogen) atoms. The second-order valence-corrected chi connectivity index (χ2v) is 4.19. The van der Waals surface area contributed by atoms with E-state index in [-0.39, 0.29) is 22.3 Å². The normalized spacial score (nSPS) is 10.2. The molecule has 2 aromatic rings. The summed E-state index contributed by atoms with van der Waals surface area (Å²) in [6.07, 6.45) is 1.21. The van der Waals surface area contributed by atoms with Gasteiger partial charge in [0.2, 0.25) is 5.88 Å². The van der Waals surface area contributed by atoms with Gasteiger partial charge in [0, 0.05) is 11.1 Å². The fourth-order valence-corrected chi connectivity index (χ4v) is 1.63. The Morgan fingerprint density at radius 2 is 2.20 bits per heavy atom. The molecule has 0 bridgehead atoms. The Kier molecular flexibility index (Phi) is 4.47. The summed E-state index contributed by atoms with van der Waals surface area (Å²) in [6, 6.07) is 5.35. The molecule has 0 aliphatic carbocycles. The second-order valence-electron chi connectivity index (χ2n) is 3.75. The van der Waals surface area contributed by atoms with Crippen molar-refractivity contribution in [2.75, 3.05) is 11.9 Å². The van der Waals surface area contributed by atoms with Gasteiger partial charge >= 0.3 is 0 Å². The van der Waals surface area contributed by atoms with E-state index in [1.807, 2.05) is 0 Å². The Bertz CT molecular complexity index is 637. The van der Waals surface area contributed by atoms with Gasteiger partial charge < -0.3 is 10.1 Å². The van der Waals surface area contributed by atoms with Gasteiger partial charge in [-0.1, -0.05) is 11.6 Å². The van der Waals surface area contributed by atoms with Gasteiger partial charge in [-0.25, -0.2) is 14.4 Å². The van der Waals surface area contributed by atoms with Crippen LogP contribution in [0.25, 0.3) is 0 Å². The van der Waals surface area contributed by atoms with E-state index in [4.69, 9.17) is 16.3 Å². The van der Waals surface area contributed by atoms with Gasteiger partial charge in [0.15, 0.2) is 0 Å². The molecular formula is C13H11ClFN3O2. The quantitative estimate of drug-likeness (QED) is 0.942. The minimum Gasteiger partial charge on any atom is -0.478 e. The van der Waals surface area contributed by atoms with Crippen molar-refractivity contribution in [3.8, 4) is 5.88 Å². The van der Waals surface area contributed by atoms with E-state index in [1.165, 1.54) is 24.5 Å². The molecular weight excluding hydrogens is 285 g/mol. The fraction of sp³-hybridized carbons (Fsp3) is 0.154. The zero-order valence-electron chi connectivity index (χ0n) is 10.6. The van der Waals surface area contributed by atoms with Crippen molar-refractivity contribution >= 4 is 23.2 Å². The van der Waals surface area contributed by atoms with Gasteiger partial charge in [-0.05, 0) is 25.1 Å². The lowest BCUT2D eigenvalue weighted by molar-refractivity contribution is 0.102. The van der Waals surface area contributed by atoms with Crippen LogP contribution in [0.2, 0.25) is 5.02 Å². The highest BCUT2D eigenvalue weighted by molar-refractivity contribution is 6.30. The number of hydrogen-bond donors (Lipinski definition) is 1. The van der Waals surface area contributed by atoms with Crippen molar-refractivity contribution in [2.45, 2.75) is 6.92 Å². The summed E-state index contributed by atoms with van der Waals surface area (Å²) in [5, 5.41) is 2.66. The smallest absolute Gasteiger partial charge is 0.274 e. The summed E-state index contributed by atoms with van der Waals surface area (Å²) >= 11 is 5.64. The molecule has 0 fully saturated rings. The SMILES string of the molecule is CCOc1cc(C(=O)Nc2ccc(Cl)cc2F)ncn1. The number of nitrogens with one attached hydrogen (secondary N) is 1. The number of amides is 1. The number of halogens is 2. The van der Waals surface area contributed by atoms with Gasteiger partial charge in [-0.15, -0.1) is 0 Å². The van der Waals surface area contributed by atoms with Crippen LogP contribution in [0.15, 0.2) is 30.6 Å². The van der Waals surface area contributed by atoms with Gasteiger partial charge in [-0.2, -0.15) is 0 Å². The van der Waals surface area contributed by atoms with E-state index in [9.17, 15) is 9.18 Å². The first-order valence-electron chi connectivity index (χ1n) is 5.81. The highest BCUT2D eigenvalue weighted by atomic mass is 35.5. The van der Waals surface area contributed by atoms with Crippen LogP contribution in [0, 0.1) is 5.82 Å². The number of hydrogen-bond acceptors (Lipinski definition) is 4. The van der Waals surface area contributed by atoms with Crippen LogP contribution in [-0.2, 0) is 0 Å².